The van der Waals surface area contributed by atoms with Crippen LogP contribution in [0.25, 0.3) is 0 Å². The van der Waals surface area contributed by atoms with Gasteiger partial charge in [0.15, 0.2) is 0 Å². The molecule has 0 unspecified atom stereocenters. The Morgan fingerprint density at radius 3 is 1.89 bits per heavy atom. The third kappa shape index (κ3) is 4.81. The minimum Gasteiger partial charge on any atom is -0.0784 e. The average molecular weight is 369 g/mol. The summed E-state index contributed by atoms with van der Waals surface area (Å²) in [5.41, 5.74) is 1.99. The lowest BCUT2D eigenvalue weighted by Crippen LogP contribution is -2.11. The van der Waals surface area contributed by atoms with Crippen LogP contribution in [0.3, 0.4) is 0 Å². The van der Waals surface area contributed by atoms with Gasteiger partial charge in [0.05, 0.1) is 0 Å². The molecule has 0 nitrogen and oxygen atoms in total. The normalized spacial score (nSPS) is 13.2. The molecule has 1 aromatic carbocycles. The van der Waals surface area contributed by atoms with Crippen LogP contribution >= 0.6 is 69.6 Å². The highest BCUT2D eigenvalue weighted by atomic mass is 35.6. The number of benzene rings is 1. The maximum absolute atomic E-state index is 5.97. The fraction of sp³-hybridized carbons (Fsp3) is 0.500. The van der Waals surface area contributed by atoms with Crippen LogP contribution in [0.15, 0.2) is 18.2 Å². The Bertz CT molecular complexity index is 414. The van der Waals surface area contributed by atoms with Crippen molar-refractivity contribution in [1.29, 1.82) is 0 Å². The Balaban J connectivity index is 3.30. The quantitative estimate of drug-likeness (QED) is 0.520. The zero-order valence-electron chi connectivity index (χ0n) is 9.78. The van der Waals surface area contributed by atoms with E-state index in [0.717, 1.165) is 12.0 Å². The fourth-order valence-corrected chi connectivity index (χ4v) is 2.51. The van der Waals surface area contributed by atoms with E-state index in [1.807, 2.05) is 6.07 Å². The third-order valence-corrected chi connectivity index (χ3v) is 3.64. The molecule has 102 valence electrons. The highest BCUT2D eigenvalue weighted by Crippen LogP contribution is 2.45. The number of halogens is 6. The maximum Gasteiger partial charge on any atom is 0.216 e. The third-order valence-electron chi connectivity index (χ3n) is 2.37. The summed E-state index contributed by atoms with van der Waals surface area (Å²) in [6.45, 7) is 4.18. The molecule has 0 saturated heterocycles. The molecular weight excluding hydrogens is 357 g/mol. The molecule has 0 saturated carbocycles. The Kier molecular flexibility index (Phi) is 5.82. The highest BCUT2D eigenvalue weighted by Gasteiger charge is 2.30. The predicted octanol–water partition coefficient (Wildman–Crippen LogP) is 6.54. The molecule has 0 bridgehead atoms. The van der Waals surface area contributed by atoms with Gasteiger partial charge in [-0.05, 0) is 24.0 Å². The van der Waals surface area contributed by atoms with Crippen molar-refractivity contribution in [1.82, 2.24) is 0 Å². The zero-order valence-corrected chi connectivity index (χ0v) is 14.3. The van der Waals surface area contributed by atoms with Gasteiger partial charge >= 0.3 is 0 Å². The first-order valence-corrected chi connectivity index (χ1v) is 7.56. The van der Waals surface area contributed by atoms with E-state index in [0.29, 0.717) is 17.0 Å². The smallest absolute Gasteiger partial charge is 0.0784 e. The van der Waals surface area contributed by atoms with Gasteiger partial charge in [0.2, 0.25) is 7.59 Å². The van der Waals surface area contributed by atoms with E-state index >= 15 is 0 Å². The van der Waals surface area contributed by atoms with Crippen molar-refractivity contribution in [3.8, 4) is 0 Å². The van der Waals surface area contributed by atoms with Crippen molar-refractivity contribution in [3.63, 3.8) is 0 Å². The van der Waals surface area contributed by atoms with Gasteiger partial charge in [0.1, 0.15) is 0 Å². The summed E-state index contributed by atoms with van der Waals surface area (Å²) in [6, 6.07) is 5.22. The first-order valence-electron chi connectivity index (χ1n) is 5.29. The molecule has 0 radical (unpaired) electrons. The summed E-state index contributed by atoms with van der Waals surface area (Å²) in [5.74, 6) is 0.440. The largest absolute Gasteiger partial charge is 0.216 e. The number of alkyl halides is 6. The first kappa shape index (κ1) is 17.0. The Hall–Kier alpha value is 0.960. The molecule has 0 atom stereocenters. The molecule has 0 aromatic heterocycles. The SMILES string of the molecule is CC(C)Cc1ccc(C(Cl)(Cl)Cl)cc1C(Cl)(Cl)Cl. The van der Waals surface area contributed by atoms with E-state index in [2.05, 4.69) is 13.8 Å². The van der Waals surface area contributed by atoms with E-state index in [9.17, 15) is 0 Å². The predicted molar refractivity (Wildman–Crippen MR) is 83.5 cm³/mol. The van der Waals surface area contributed by atoms with Crippen LogP contribution in [0.5, 0.6) is 0 Å². The van der Waals surface area contributed by atoms with Crippen molar-refractivity contribution in [2.45, 2.75) is 27.9 Å². The summed E-state index contributed by atoms with van der Waals surface area (Å²) in [4.78, 5) is 0. The van der Waals surface area contributed by atoms with E-state index < -0.39 is 7.59 Å². The second kappa shape index (κ2) is 6.16. The van der Waals surface area contributed by atoms with Gasteiger partial charge in [0, 0.05) is 11.1 Å². The molecule has 0 fully saturated rings. The van der Waals surface area contributed by atoms with Crippen LogP contribution in [-0.2, 0) is 14.0 Å². The van der Waals surface area contributed by atoms with Gasteiger partial charge in [-0.15, -0.1) is 0 Å². The van der Waals surface area contributed by atoms with Crippen LogP contribution in [0.1, 0.15) is 30.5 Å². The lowest BCUT2D eigenvalue weighted by molar-refractivity contribution is 0.643. The number of hydrogen-bond donors (Lipinski definition) is 0. The van der Waals surface area contributed by atoms with Crippen LogP contribution in [0.2, 0.25) is 0 Å². The second-order valence-electron chi connectivity index (χ2n) is 4.47. The van der Waals surface area contributed by atoms with E-state index in [-0.39, 0.29) is 0 Å². The topological polar surface area (TPSA) is 0 Å². The number of rotatable bonds is 2. The second-order valence-corrected chi connectivity index (χ2v) is 9.03. The Labute approximate surface area is 137 Å². The molecular formula is C12H12Cl6. The maximum atomic E-state index is 5.97. The summed E-state index contributed by atoms with van der Waals surface area (Å²) in [7, 11) is 0. The molecule has 0 aliphatic rings. The molecule has 0 heterocycles. The fourth-order valence-electron chi connectivity index (χ4n) is 1.63. The summed E-state index contributed by atoms with van der Waals surface area (Å²) >= 11 is 35.4. The van der Waals surface area contributed by atoms with Crippen LogP contribution in [-0.4, -0.2) is 0 Å². The van der Waals surface area contributed by atoms with Crippen molar-refractivity contribution in [2.24, 2.45) is 5.92 Å². The van der Waals surface area contributed by atoms with E-state index in [1.54, 1.807) is 12.1 Å². The lowest BCUT2D eigenvalue weighted by Gasteiger charge is -2.21. The van der Waals surface area contributed by atoms with Crippen LogP contribution < -0.4 is 0 Å². The zero-order chi connectivity index (χ0) is 14.1. The van der Waals surface area contributed by atoms with Gasteiger partial charge < -0.3 is 0 Å². The van der Waals surface area contributed by atoms with E-state index in [4.69, 9.17) is 69.6 Å². The van der Waals surface area contributed by atoms with Gasteiger partial charge in [-0.2, -0.15) is 0 Å². The molecule has 18 heavy (non-hydrogen) atoms. The van der Waals surface area contributed by atoms with Crippen LogP contribution in [0.4, 0.5) is 0 Å². The standard InChI is InChI=1S/C12H12Cl6/c1-7(2)5-8-3-4-9(11(13,14)15)6-10(8)12(16,17)18/h3-4,6-7H,5H2,1-2H3. The van der Waals surface area contributed by atoms with Crippen molar-refractivity contribution in [3.05, 3.63) is 34.9 Å². The molecule has 0 N–H and O–H groups in total. The van der Waals surface area contributed by atoms with Crippen molar-refractivity contribution >= 4 is 69.6 Å². The van der Waals surface area contributed by atoms with E-state index in [1.165, 1.54) is 0 Å². The molecule has 6 heteroatoms. The van der Waals surface area contributed by atoms with Gasteiger partial charge in [-0.3, -0.25) is 0 Å². The monoisotopic (exact) mass is 366 g/mol. The first-order chi connectivity index (χ1) is 8.01. The number of hydrogen-bond acceptors (Lipinski definition) is 0. The molecule has 0 aliphatic heterocycles. The molecule has 1 aromatic rings. The molecule has 0 amide bonds. The molecule has 0 spiro atoms. The average Bonchev–Trinajstić information content (AvgIpc) is 2.13. The minimum atomic E-state index is -1.53. The van der Waals surface area contributed by atoms with Gasteiger partial charge in [-0.25, -0.2) is 0 Å². The van der Waals surface area contributed by atoms with Crippen LogP contribution in [0, 0.1) is 5.92 Å². The van der Waals surface area contributed by atoms with Gasteiger partial charge in [-0.1, -0.05) is 95.6 Å². The van der Waals surface area contributed by atoms with Gasteiger partial charge in [0.25, 0.3) is 0 Å². The summed E-state index contributed by atoms with van der Waals surface area (Å²) in [5, 5.41) is 0. The summed E-state index contributed by atoms with van der Waals surface area (Å²) < 4.78 is -3.06. The lowest BCUT2D eigenvalue weighted by atomic mass is 9.97. The van der Waals surface area contributed by atoms with Crippen molar-refractivity contribution in [2.75, 3.05) is 0 Å². The summed E-state index contributed by atoms with van der Waals surface area (Å²) in [6.07, 6.45) is 0.795. The minimum absolute atomic E-state index is 0.440. The molecule has 0 aliphatic carbocycles. The van der Waals surface area contributed by atoms with Crippen molar-refractivity contribution < 1.29 is 0 Å². The Morgan fingerprint density at radius 1 is 0.944 bits per heavy atom. The highest BCUT2D eigenvalue weighted by molar-refractivity contribution is 6.67. The molecule has 1 rings (SSSR count). The Morgan fingerprint density at radius 2 is 1.50 bits per heavy atom.